The molecule has 1 heterocycles. The van der Waals surface area contributed by atoms with Crippen molar-refractivity contribution in [2.45, 2.75) is 45.6 Å². The Kier molecular flexibility index (Phi) is 6.52. The summed E-state index contributed by atoms with van der Waals surface area (Å²) in [6, 6.07) is 0.523. The summed E-state index contributed by atoms with van der Waals surface area (Å²) in [4.78, 5) is 13.2. The number of primary amides is 1. The van der Waals surface area contributed by atoms with Gasteiger partial charge >= 0.3 is 0 Å². The van der Waals surface area contributed by atoms with Crippen molar-refractivity contribution in [3.05, 3.63) is 0 Å². The second-order valence-corrected chi connectivity index (χ2v) is 5.16. The molecule has 0 aromatic rings. The first-order valence-corrected chi connectivity index (χ1v) is 6.89. The van der Waals surface area contributed by atoms with Gasteiger partial charge in [-0.25, -0.2) is 0 Å². The molecule has 0 aromatic carbocycles. The lowest BCUT2D eigenvalue weighted by molar-refractivity contribution is -0.119. The maximum atomic E-state index is 11.0. The van der Waals surface area contributed by atoms with Crippen LogP contribution in [-0.4, -0.2) is 43.0 Å². The van der Waals surface area contributed by atoms with Gasteiger partial charge in [-0.3, -0.25) is 9.69 Å². The molecule has 1 aliphatic heterocycles. The van der Waals surface area contributed by atoms with Crippen LogP contribution < -0.4 is 11.1 Å². The average molecular weight is 241 g/mol. The number of amides is 1. The fourth-order valence-electron chi connectivity index (χ4n) is 2.79. The maximum absolute atomic E-state index is 11.0. The van der Waals surface area contributed by atoms with Crippen molar-refractivity contribution in [2.75, 3.05) is 26.2 Å². The fourth-order valence-corrected chi connectivity index (χ4v) is 2.79. The molecule has 4 nitrogen and oxygen atoms in total. The Bertz CT molecular complexity index is 233. The molecule has 2 atom stereocenters. The van der Waals surface area contributed by atoms with Crippen molar-refractivity contribution >= 4 is 5.91 Å². The van der Waals surface area contributed by atoms with Crippen LogP contribution in [0, 0.1) is 5.92 Å². The van der Waals surface area contributed by atoms with Gasteiger partial charge in [0, 0.05) is 19.1 Å². The number of rotatable bonds is 7. The summed E-state index contributed by atoms with van der Waals surface area (Å²) >= 11 is 0. The van der Waals surface area contributed by atoms with Crippen LogP contribution in [0.25, 0.3) is 0 Å². The minimum absolute atomic E-state index is 0.212. The van der Waals surface area contributed by atoms with Crippen LogP contribution in [0.15, 0.2) is 0 Å². The molecule has 1 rings (SSSR count). The van der Waals surface area contributed by atoms with E-state index in [0.717, 1.165) is 19.6 Å². The predicted molar refractivity (Wildman–Crippen MR) is 70.7 cm³/mol. The highest BCUT2D eigenvalue weighted by molar-refractivity contribution is 5.75. The van der Waals surface area contributed by atoms with Gasteiger partial charge in [-0.1, -0.05) is 26.7 Å². The molecule has 1 fully saturated rings. The van der Waals surface area contributed by atoms with E-state index in [1.165, 1.54) is 25.7 Å². The minimum Gasteiger partial charge on any atom is -0.369 e. The van der Waals surface area contributed by atoms with Gasteiger partial charge in [0.05, 0.1) is 6.54 Å². The van der Waals surface area contributed by atoms with E-state index in [-0.39, 0.29) is 5.91 Å². The monoisotopic (exact) mass is 241 g/mol. The molecule has 0 aromatic heterocycles. The maximum Gasteiger partial charge on any atom is 0.231 e. The van der Waals surface area contributed by atoms with E-state index >= 15 is 0 Å². The molecule has 0 aliphatic carbocycles. The summed E-state index contributed by atoms with van der Waals surface area (Å²) in [7, 11) is 0. The van der Waals surface area contributed by atoms with E-state index < -0.39 is 0 Å². The zero-order chi connectivity index (χ0) is 12.7. The van der Waals surface area contributed by atoms with Crippen LogP contribution in [0.3, 0.4) is 0 Å². The molecule has 0 saturated carbocycles. The minimum atomic E-state index is -0.212. The summed E-state index contributed by atoms with van der Waals surface area (Å²) in [6.07, 6.45) is 5.04. The Morgan fingerprint density at radius 3 is 2.76 bits per heavy atom. The Labute approximate surface area is 105 Å². The first-order chi connectivity index (χ1) is 8.15. The summed E-state index contributed by atoms with van der Waals surface area (Å²) in [5, 5.41) is 3.50. The number of nitrogens with zero attached hydrogens (tertiary/aromatic N) is 1. The molecule has 1 aliphatic rings. The third-order valence-electron chi connectivity index (χ3n) is 3.45. The van der Waals surface area contributed by atoms with E-state index in [4.69, 9.17) is 5.73 Å². The number of carbonyl (C=O) groups is 1. The highest BCUT2D eigenvalue weighted by Gasteiger charge is 2.26. The highest BCUT2D eigenvalue weighted by Crippen LogP contribution is 2.21. The van der Waals surface area contributed by atoms with Crippen LogP contribution in [0.5, 0.6) is 0 Å². The van der Waals surface area contributed by atoms with E-state index in [1.807, 2.05) is 0 Å². The van der Waals surface area contributed by atoms with Gasteiger partial charge in [0.2, 0.25) is 5.91 Å². The number of hydrogen-bond donors (Lipinski definition) is 2. The van der Waals surface area contributed by atoms with Gasteiger partial charge in [0.25, 0.3) is 0 Å². The second-order valence-electron chi connectivity index (χ2n) is 5.16. The van der Waals surface area contributed by atoms with E-state index in [9.17, 15) is 4.79 Å². The molecular formula is C13H27N3O. The second kappa shape index (κ2) is 7.67. The zero-order valence-corrected chi connectivity index (χ0v) is 11.2. The zero-order valence-electron chi connectivity index (χ0n) is 11.2. The molecule has 4 heteroatoms. The topological polar surface area (TPSA) is 58.4 Å². The smallest absolute Gasteiger partial charge is 0.231 e. The molecule has 1 amide bonds. The molecular weight excluding hydrogens is 214 g/mol. The van der Waals surface area contributed by atoms with E-state index in [0.29, 0.717) is 18.5 Å². The van der Waals surface area contributed by atoms with Crippen LogP contribution in [0.1, 0.15) is 39.5 Å². The molecule has 0 radical (unpaired) electrons. The first kappa shape index (κ1) is 14.5. The van der Waals surface area contributed by atoms with Gasteiger partial charge in [-0.15, -0.1) is 0 Å². The lowest BCUT2D eigenvalue weighted by Gasteiger charge is -2.37. The van der Waals surface area contributed by atoms with Crippen molar-refractivity contribution in [3.63, 3.8) is 0 Å². The summed E-state index contributed by atoms with van der Waals surface area (Å²) < 4.78 is 0. The van der Waals surface area contributed by atoms with Crippen LogP contribution in [0.4, 0.5) is 0 Å². The summed E-state index contributed by atoms with van der Waals surface area (Å²) in [5.41, 5.74) is 5.29. The number of likely N-dealkylation sites (tertiary alicyclic amines) is 1. The Morgan fingerprint density at radius 2 is 2.18 bits per heavy atom. The first-order valence-electron chi connectivity index (χ1n) is 6.89. The molecule has 1 saturated heterocycles. The largest absolute Gasteiger partial charge is 0.369 e. The van der Waals surface area contributed by atoms with Gasteiger partial charge in [0.1, 0.15) is 0 Å². The number of hydrogen-bond acceptors (Lipinski definition) is 3. The number of nitrogens with two attached hydrogens (primary N) is 1. The van der Waals surface area contributed by atoms with E-state index in [2.05, 4.69) is 24.1 Å². The molecule has 100 valence electrons. The Morgan fingerprint density at radius 1 is 1.41 bits per heavy atom. The number of unbranched alkanes of at least 4 members (excludes halogenated alkanes) is 1. The number of nitrogens with one attached hydrogen (secondary N) is 1. The fraction of sp³-hybridized carbons (Fsp3) is 0.923. The van der Waals surface area contributed by atoms with Gasteiger partial charge in [-0.05, 0) is 25.3 Å². The summed E-state index contributed by atoms with van der Waals surface area (Å²) in [5.74, 6) is 0.503. The molecule has 0 spiro atoms. The van der Waals surface area contributed by atoms with Gasteiger partial charge in [0.15, 0.2) is 0 Å². The third kappa shape index (κ3) is 5.50. The van der Waals surface area contributed by atoms with Crippen LogP contribution >= 0.6 is 0 Å². The number of likely N-dealkylation sites (N-methyl/N-ethyl adjacent to an activating group) is 1. The van der Waals surface area contributed by atoms with Crippen molar-refractivity contribution in [1.29, 1.82) is 0 Å². The Balaban J connectivity index is 2.46. The van der Waals surface area contributed by atoms with Crippen molar-refractivity contribution in [3.8, 4) is 0 Å². The van der Waals surface area contributed by atoms with Gasteiger partial charge in [-0.2, -0.15) is 0 Å². The third-order valence-corrected chi connectivity index (χ3v) is 3.45. The average Bonchev–Trinajstić information content (AvgIpc) is 2.25. The van der Waals surface area contributed by atoms with Crippen LogP contribution in [0.2, 0.25) is 0 Å². The van der Waals surface area contributed by atoms with E-state index in [1.54, 1.807) is 0 Å². The highest BCUT2D eigenvalue weighted by atomic mass is 16.1. The van der Waals surface area contributed by atoms with Crippen molar-refractivity contribution in [2.24, 2.45) is 11.7 Å². The predicted octanol–water partition coefficient (Wildman–Crippen LogP) is 0.962. The quantitative estimate of drug-likeness (QED) is 0.698. The molecule has 3 N–H and O–H groups in total. The normalized spacial score (nSPS) is 26.0. The summed E-state index contributed by atoms with van der Waals surface area (Å²) in [6.45, 7) is 7.75. The number of carbonyl (C=O) groups excluding carboxylic acids is 1. The van der Waals surface area contributed by atoms with Crippen molar-refractivity contribution in [1.82, 2.24) is 10.2 Å². The van der Waals surface area contributed by atoms with Crippen molar-refractivity contribution < 1.29 is 4.79 Å². The standard InChI is InChI=1S/C13H27N3O/c1-3-5-6-11-7-12(15-4-2)9-16(8-11)10-13(14)17/h11-12,15H,3-10H2,1-2H3,(H2,14,17). The molecule has 2 unspecified atom stereocenters. The SMILES string of the molecule is CCCCC1CC(NCC)CN(CC(N)=O)C1. The van der Waals surface area contributed by atoms with Gasteiger partial charge < -0.3 is 11.1 Å². The molecule has 0 bridgehead atoms. The Hall–Kier alpha value is -0.610. The van der Waals surface area contributed by atoms with Crippen LogP contribution in [-0.2, 0) is 4.79 Å². The number of piperidine rings is 1. The lowest BCUT2D eigenvalue weighted by Crippen LogP contribution is -2.51. The molecule has 17 heavy (non-hydrogen) atoms. The lowest BCUT2D eigenvalue weighted by atomic mass is 9.90.